The number of benzene rings is 8. The maximum atomic E-state index is 13.3. The van der Waals surface area contributed by atoms with E-state index in [-0.39, 0.29) is 45.4 Å². The van der Waals surface area contributed by atoms with Crippen LogP contribution in [0.3, 0.4) is 0 Å². The van der Waals surface area contributed by atoms with Crippen LogP contribution in [0.5, 0.6) is 0 Å². The Balaban J connectivity index is 0.000000177. The summed E-state index contributed by atoms with van der Waals surface area (Å²) in [6.45, 7) is 21.9. The molecule has 4 aromatic heterocycles. The fourth-order valence-electron chi connectivity index (χ4n) is 10.2. The second kappa shape index (κ2) is 35.8. The topological polar surface area (TPSA) is 309 Å². The summed E-state index contributed by atoms with van der Waals surface area (Å²) in [6.07, 6.45) is 7.44. The van der Waals surface area contributed by atoms with Gasteiger partial charge in [0.1, 0.15) is 17.0 Å². The number of amides is 4. The normalized spacial score (nSPS) is 10.8. The molecule has 0 fully saturated rings. The van der Waals surface area contributed by atoms with Crippen LogP contribution >= 0.6 is 46.6 Å². The number of nitro benzene ring substituents is 1. The molecule has 23 nitrogen and oxygen atoms in total. The molecular weight excluding hydrogens is 1440 g/mol. The molecule has 12 aromatic rings. The molecule has 0 aliphatic rings. The van der Waals surface area contributed by atoms with Gasteiger partial charge in [-0.3, -0.25) is 34.1 Å². The number of hydrogen-bond acceptors (Lipinski definition) is 15. The van der Waals surface area contributed by atoms with Crippen LogP contribution < -0.4 is 32.7 Å². The third kappa shape index (κ3) is 22.4. The molecule has 4 amide bonds. The van der Waals surface area contributed by atoms with E-state index in [9.17, 15) is 34.1 Å². The van der Waals surface area contributed by atoms with E-state index in [1.54, 1.807) is 116 Å². The van der Waals surface area contributed by atoms with Crippen molar-refractivity contribution in [3.05, 3.63) is 298 Å². The Bertz CT molecular complexity index is 5270. The predicted molar refractivity (Wildman–Crippen MR) is 427 cm³/mol. The molecule has 550 valence electrons. The predicted octanol–water partition coefficient (Wildman–Crippen LogP) is 18.0. The number of hydrogen-bond donors (Lipinski definition) is 6. The molecule has 107 heavy (non-hydrogen) atoms. The fraction of sp³-hybridized carbons (Fsp3) is 0.188. The van der Waals surface area contributed by atoms with Crippen LogP contribution in [0.4, 0.5) is 40.3 Å². The van der Waals surface area contributed by atoms with Gasteiger partial charge in [-0.25, -0.2) is 18.7 Å². The van der Waals surface area contributed by atoms with E-state index in [0.717, 1.165) is 39.4 Å². The summed E-state index contributed by atoms with van der Waals surface area (Å²) in [4.78, 5) is 73.6. The Morgan fingerprint density at radius 1 is 0.467 bits per heavy atom. The monoisotopic (exact) mass is 1520 g/mol. The molecule has 0 aliphatic carbocycles. The van der Waals surface area contributed by atoms with Crippen LogP contribution in [0.15, 0.2) is 201 Å². The standard InChI is InChI=1S/C33H35ClN4O4S.C18H15ClN4O3.C18H17ClN4O.C11H13N3/c1-21-9-11-26(17-22(21)2)38-15-13-29(37-38)36-32(41)27-19-25(34)10-12-28(27)35-31(40)24-8-6-7-23(18-24)20-43-16-14-30(39)42-33(3,4)5;1-11-3-5-14(9-12(11)2)22-8-7-17(21-22)20-18(24)15-10-13(19)4-6-16(15)23(25)26;1-11-3-5-14(9-12(11)2)23-8-7-17(22-23)21-18(24)15-10-13(19)4-6-16(15)20;1-8-3-4-10(7-9(8)2)14-6-5-11(12)13-14/h6-13,15,17-19H,14,16,20H2,1-5H3,(H,35,40)(H,36,37,41);3-10H,1-2H3,(H,20,21,24);3-10H,20H2,1-2H3,(H,21,22,24);3-7H,1-2H3,(H2,12,13). The largest absolute Gasteiger partial charge is 0.460 e. The second-order valence-electron chi connectivity index (χ2n) is 25.9. The summed E-state index contributed by atoms with van der Waals surface area (Å²) in [5, 5.41) is 40.4. The number of aromatic nitrogens is 8. The SMILES string of the molecule is Cc1ccc(-n2ccc(N)n2)cc1C.Cc1ccc(-n2ccc(NC(=O)c3cc(Cl)ccc3N)n2)cc1C.Cc1ccc(-n2ccc(NC(=O)c3cc(Cl)ccc3NC(=O)c3cccc(CSCCC(=O)OC(C)(C)C)c3)n2)cc1C.Cc1ccc(-n2ccc(NC(=O)c3cc(Cl)ccc3[N+](=O)[O-])n2)cc1C. The number of thioether (sulfide) groups is 1. The highest BCUT2D eigenvalue weighted by Gasteiger charge is 2.23. The zero-order valence-electron chi connectivity index (χ0n) is 60.7. The summed E-state index contributed by atoms with van der Waals surface area (Å²) >= 11 is 19.6. The molecule has 0 saturated carbocycles. The number of halogens is 3. The van der Waals surface area contributed by atoms with Crippen molar-refractivity contribution in [2.45, 2.75) is 93.9 Å². The van der Waals surface area contributed by atoms with Crippen molar-refractivity contribution in [1.29, 1.82) is 0 Å². The van der Waals surface area contributed by atoms with E-state index in [1.807, 2.05) is 128 Å². The molecule has 0 atom stereocenters. The van der Waals surface area contributed by atoms with Gasteiger partial charge in [0.2, 0.25) is 0 Å². The van der Waals surface area contributed by atoms with E-state index >= 15 is 0 Å². The molecule has 4 heterocycles. The minimum Gasteiger partial charge on any atom is -0.460 e. The molecular formula is C80H80Cl3N15O8S. The van der Waals surface area contributed by atoms with E-state index in [2.05, 4.69) is 74.6 Å². The number of carbonyl (C=O) groups excluding carboxylic acids is 5. The third-order valence-corrected chi connectivity index (χ3v) is 18.3. The van der Waals surface area contributed by atoms with Crippen LogP contribution in [0.2, 0.25) is 15.1 Å². The lowest BCUT2D eigenvalue weighted by atomic mass is 10.1. The van der Waals surface area contributed by atoms with E-state index in [0.29, 0.717) is 67.9 Å². The number of rotatable bonds is 18. The lowest BCUT2D eigenvalue weighted by molar-refractivity contribution is -0.385. The first-order valence-electron chi connectivity index (χ1n) is 33.5. The maximum Gasteiger partial charge on any atom is 0.307 e. The molecule has 8 aromatic carbocycles. The highest BCUT2D eigenvalue weighted by molar-refractivity contribution is 7.98. The Kier molecular flexibility index (Phi) is 26.5. The number of nitrogens with two attached hydrogens (primary N) is 2. The second-order valence-corrected chi connectivity index (χ2v) is 28.4. The Morgan fingerprint density at radius 2 is 0.879 bits per heavy atom. The van der Waals surface area contributed by atoms with Gasteiger partial charge in [-0.05, 0) is 235 Å². The van der Waals surface area contributed by atoms with Crippen LogP contribution in [0.1, 0.15) is 119 Å². The van der Waals surface area contributed by atoms with Gasteiger partial charge in [0.25, 0.3) is 29.3 Å². The molecule has 27 heteroatoms. The number of carbonyl (C=O) groups is 5. The van der Waals surface area contributed by atoms with E-state index < -0.39 is 22.3 Å². The lowest BCUT2D eigenvalue weighted by Gasteiger charge is -2.19. The first-order chi connectivity index (χ1) is 50.8. The Hall–Kier alpha value is -11.8. The van der Waals surface area contributed by atoms with Gasteiger partial charge in [0.05, 0.1) is 50.9 Å². The number of anilines is 6. The first-order valence-corrected chi connectivity index (χ1v) is 35.8. The van der Waals surface area contributed by atoms with Gasteiger partial charge in [-0.2, -0.15) is 32.2 Å². The molecule has 0 aliphatic heterocycles. The van der Waals surface area contributed by atoms with Gasteiger partial charge in [-0.1, -0.05) is 71.2 Å². The molecule has 0 radical (unpaired) electrons. The smallest absolute Gasteiger partial charge is 0.307 e. The first kappa shape index (κ1) is 79.3. The summed E-state index contributed by atoms with van der Waals surface area (Å²) in [5.74, 6) is 0.815. The van der Waals surface area contributed by atoms with Gasteiger partial charge in [0, 0.05) is 92.9 Å². The lowest BCUT2D eigenvalue weighted by Crippen LogP contribution is -2.24. The Morgan fingerprint density at radius 3 is 1.32 bits per heavy atom. The van der Waals surface area contributed by atoms with Gasteiger partial charge in [0.15, 0.2) is 17.5 Å². The number of nitrogens with zero attached hydrogens (tertiary/aromatic N) is 9. The van der Waals surface area contributed by atoms with Crippen LogP contribution in [-0.2, 0) is 15.3 Å². The summed E-state index contributed by atoms with van der Waals surface area (Å²) in [6, 6.07) is 51.6. The number of nitrogen functional groups attached to an aromatic ring is 2. The maximum absolute atomic E-state index is 13.3. The average Bonchev–Trinajstić information content (AvgIpc) is 1.71. The molecule has 0 spiro atoms. The highest BCUT2D eigenvalue weighted by atomic mass is 35.5. The van der Waals surface area contributed by atoms with Crippen molar-refractivity contribution in [3.8, 4) is 22.7 Å². The Labute approximate surface area is 638 Å². The zero-order chi connectivity index (χ0) is 77.4. The van der Waals surface area contributed by atoms with Crippen molar-refractivity contribution < 1.29 is 33.6 Å². The highest BCUT2D eigenvalue weighted by Crippen LogP contribution is 2.28. The summed E-state index contributed by atoms with van der Waals surface area (Å²) < 4.78 is 12.1. The van der Waals surface area contributed by atoms with Crippen molar-refractivity contribution in [3.63, 3.8) is 0 Å². The number of ether oxygens (including phenoxy) is 1. The van der Waals surface area contributed by atoms with Crippen LogP contribution in [-0.4, -0.2) is 85.0 Å². The molecule has 12 rings (SSSR count). The van der Waals surface area contributed by atoms with Crippen molar-refractivity contribution in [1.82, 2.24) is 39.1 Å². The average molecular weight is 1520 g/mol. The summed E-state index contributed by atoms with van der Waals surface area (Å²) in [5.41, 5.74) is 26.3. The number of esters is 1. The quantitative estimate of drug-likeness (QED) is 0.0153. The van der Waals surface area contributed by atoms with Gasteiger partial charge in [-0.15, -0.1) is 0 Å². The minimum absolute atomic E-state index is 0.122. The van der Waals surface area contributed by atoms with Gasteiger partial charge >= 0.3 is 5.97 Å². The molecule has 8 N–H and O–H groups in total. The van der Waals surface area contributed by atoms with E-state index in [1.165, 1.54) is 63.7 Å². The molecule has 0 bridgehead atoms. The van der Waals surface area contributed by atoms with Crippen molar-refractivity contribution in [2.75, 3.05) is 38.5 Å². The number of nitro groups is 1. The number of aryl methyl sites for hydroxylation is 8. The van der Waals surface area contributed by atoms with Gasteiger partial charge < -0.3 is 37.5 Å². The molecule has 0 saturated heterocycles. The van der Waals surface area contributed by atoms with Crippen molar-refractivity contribution >= 4 is 116 Å². The third-order valence-electron chi connectivity index (χ3n) is 16.6. The van der Waals surface area contributed by atoms with Crippen LogP contribution in [0.25, 0.3) is 22.7 Å². The number of nitrogens with one attached hydrogen (secondary N) is 4. The fourth-order valence-corrected chi connectivity index (χ4v) is 11.6. The van der Waals surface area contributed by atoms with Crippen molar-refractivity contribution in [2.24, 2.45) is 0 Å². The minimum atomic E-state index is -0.649. The summed E-state index contributed by atoms with van der Waals surface area (Å²) in [7, 11) is 0. The van der Waals surface area contributed by atoms with Crippen LogP contribution in [0, 0.1) is 65.5 Å². The molecule has 0 unspecified atom stereocenters. The van der Waals surface area contributed by atoms with E-state index in [4.69, 9.17) is 51.0 Å². The zero-order valence-corrected chi connectivity index (χ0v) is 63.7.